The molecule has 0 radical (unpaired) electrons. The Bertz CT molecular complexity index is 1180. The van der Waals surface area contributed by atoms with E-state index in [-0.39, 0.29) is 31.2 Å². The molecule has 0 bridgehead atoms. The average molecular weight is 452 g/mol. The van der Waals surface area contributed by atoms with Crippen molar-refractivity contribution in [1.82, 2.24) is 15.1 Å². The Labute approximate surface area is 193 Å². The van der Waals surface area contributed by atoms with E-state index in [4.69, 9.17) is 14.2 Å². The highest BCUT2D eigenvalue weighted by Crippen LogP contribution is 2.31. The first kappa shape index (κ1) is 23.8. The van der Waals surface area contributed by atoms with E-state index in [2.05, 4.69) is 10.4 Å². The van der Waals surface area contributed by atoms with E-state index in [9.17, 15) is 9.59 Å². The maximum atomic E-state index is 12.2. The molecular formula is C25H29N3O5. The maximum Gasteiger partial charge on any atom is 0.266 e. The highest BCUT2D eigenvalue weighted by Gasteiger charge is 2.10. The summed E-state index contributed by atoms with van der Waals surface area (Å²) in [7, 11) is 3.13. The fourth-order valence-corrected chi connectivity index (χ4v) is 3.64. The number of amides is 1. The summed E-state index contributed by atoms with van der Waals surface area (Å²) in [5.74, 6) is 1.63. The number of methoxy groups -OCH3 is 2. The summed E-state index contributed by atoms with van der Waals surface area (Å²) >= 11 is 0. The van der Waals surface area contributed by atoms with Gasteiger partial charge in [-0.1, -0.05) is 17.7 Å². The molecule has 1 aromatic heterocycles. The zero-order valence-electron chi connectivity index (χ0n) is 19.6. The molecule has 2 aromatic carbocycles. The van der Waals surface area contributed by atoms with Crippen LogP contribution in [-0.4, -0.2) is 43.1 Å². The number of aryl methyl sites for hydroxylation is 3. The maximum absolute atomic E-state index is 12.2. The number of aromatic nitrogens is 2. The highest BCUT2D eigenvalue weighted by atomic mass is 16.5. The van der Waals surface area contributed by atoms with Crippen LogP contribution in [-0.2, 0) is 11.3 Å². The molecule has 1 amide bonds. The summed E-state index contributed by atoms with van der Waals surface area (Å²) < 4.78 is 17.6. The first-order valence-corrected chi connectivity index (χ1v) is 10.6. The number of carbonyl (C=O) groups excluding carboxylic acids is 1. The summed E-state index contributed by atoms with van der Waals surface area (Å²) in [4.78, 5) is 24.5. The normalized spacial score (nSPS) is 10.6. The molecule has 0 fully saturated rings. The second-order valence-electron chi connectivity index (χ2n) is 7.72. The first-order chi connectivity index (χ1) is 15.8. The Hall–Kier alpha value is -3.81. The van der Waals surface area contributed by atoms with Gasteiger partial charge in [0.2, 0.25) is 0 Å². The number of hydrogen-bond donors (Lipinski definition) is 1. The molecule has 33 heavy (non-hydrogen) atoms. The predicted molar refractivity (Wildman–Crippen MR) is 126 cm³/mol. The molecule has 1 N–H and O–H groups in total. The lowest BCUT2D eigenvalue weighted by Gasteiger charge is -2.13. The lowest BCUT2D eigenvalue weighted by atomic mass is 10.1. The van der Waals surface area contributed by atoms with Gasteiger partial charge in [-0.2, -0.15) is 5.10 Å². The number of carbonyl (C=O) groups is 1. The summed E-state index contributed by atoms with van der Waals surface area (Å²) in [5, 5.41) is 7.19. The van der Waals surface area contributed by atoms with Crippen LogP contribution in [0.4, 0.5) is 0 Å². The molecule has 174 valence electrons. The van der Waals surface area contributed by atoms with Crippen molar-refractivity contribution >= 4 is 5.91 Å². The summed E-state index contributed by atoms with van der Waals surface area (Å²) in [6.45, 7) is 6.31. The van der Waals surface area contributed by atoms with Gasteiger partial charge in [-0.15, -0.1) is 0 Å². The summed E-state index contributed by atoms with van der Waals surface area (Å²) in [5.41, 5.74) is 4.26. The molecule has 0 aliphatic carbocycles. The van der Waals surface area contributed by atoms with E-state index in [0.717, 1.165) is 28.0 Å². The van der Waals surface area contributed by atoms with Crippen molar-refractivity contribution in [3.05, 3.63) is 69.5 Å². The van der Waals surface area contributed by atoms with Crippen LogP contribution >= 0.6 is 0 Å². The number of benzene rings is 2. The van der Waals surface area contributed by atoms with Crippen LogP contribution in [0.3, 0.4) is 0 Å². The second kappa shape index (κ2) is 10.7. The van der Waals surface area contributed by atoms with E-state index in [0.29, 0.717) is 17.2 Å². The zero-order chi connectivity index (χ0) is 24.0. The van der Waals surface area contributed by atoms with Crippen molar-refractivity contribution in [2.75, 3.05) is 27.4 Å². The fourth-order valence-electron chi connectivity index (χ4n) is 3.64. The third kappa shape index (κ3) is 5.91. The van der Waals surface area contributed by atoms with Crippen LogP contribution in [0.1, 0.15) is 16.7 Å². The molecule has 0 saturated carbocycles. The van der Waals surface area contributed by atoms with Crippen molar-refractivity contribution in [3.63, 3.8) is 0 Å². The molecule has 0 aliphatic rings. The van der Waals surface area contributed by atoms with E-state index >= 15 is 0 Å². The van der Waals surface area contributed by atoms with Gasteiger partial charge in [-0.05, 0) is 56.2 Å². The average Bonchev–Trinajstić information content (AvgIpc) is 2.79. The van der Waals surface area contributed by atoms with Gasteiger partial charge in [0.15, 0.2) is 18.1 Å². The Kier molecular flexibility index (Phi) is 7.71. The standard InChI is InChI=1S/C25H29N3O5/c1-16-12-17(2)25(18(3)13-16)33-15-23(29)26-10-11-28-24(30)9-7-20(27-28)19-6-8-21(31-4)22(14-19)32-5/h6-9,12-14H,10-11,15H2,1-5H3,(H,26,29). The molecule has 0 spiro atoms. The van der Waals surface area contributed by atoms with Gasteiger partial charge in [0, 0.05) is 18.2 Å². The monoisotopic (exact) mass is 451 g/mol. The zero-order valence-corrected chi connectivity index (χ0v) is 19.6. The second-order valence-corrected chi connectivity index (χ2v) is 7.72. The van der Waals surface area contributed by atoms with Crippen molar-refractivity contribution in [1.29, 1.82) is 0 Å². The molecule has 1 heterocycles. The SMILES string of the molecule is COc1ccc(-c2ccc(=O)n(CCNC(=O)COc3c(C)cc(C)cc3C)n2)cc1OC. The van der Waals surface area contributed by atoms with Gasteiger partial charge < -0.3 is 19.5 Å². The van der Waals surface area contributed by atoms with E-state index in [1.807, 2.05) is 39.0 Å². The van der Waals surface area contributed by atoms with Crippen LogP contribution in [0, 0.1) is 20.8 Å². The van der Waals surface area contributed by atoms with Crippen molar-refractivity contribution in [2.24, 2.45) is 0 Å². The van der Waals surface area contributed by atoms with E-state index < -0.39 is 0 Å². The van der Waals surface area contributed by atoms with Crippen LogP contribution in [0.2, 0.25) is 0 Å². The van der Waals surface area contributed by atoms with Gasteiger partial charge in [0.1, 0.15) is 5.75 Å². The summed E-state index contributed by atoms with van der Waals surface area (Å²) in [6, 6.07) is 12.6. The van der Waals surface area contributed by atoms with Crippen molar-refractivity contribution in [2.45, 2.75) is 27.3 Å². The minimum Gasteiger partial charge on any atom is -0.493 e. The minimum atomic E-state index is -0.265. The largest absolute Gasteiger partial charge is 0.493 e. The third-order valence-electron chi connectivity index (χ3n) is 5.14. The smallest absolute Gasteiger partial charge is 0.266 e. The molecule has 8 nitrogen and oxygen atoms in total. The molecule has 3 rings (SSSR count). The fraction of sp³-hybridized carbons (Fsp3) is 0.320. The van der Waals surface area contributed by atoms with E-state index in [1.54, 1.807) is 32.4 Å². The number of ether oxygens (including phenoxy) is 3. The van der Waals surface area contributed by atoms with Crippen LogP contribution in [0.15, 0.2) is 47.3 Å². The van der Waals surface area contributed by atoms with Crippen molar-refractivity contribution < 1.29 is 19.0 Å². The number of nitrogens with one attached hydrogen (secondary N) is 1. The lowest BCUT2D eigenvalue weighted by molar-refractivity contribution is -0.123. The number of nitrogens with zero attached hydrogens (tertiary/aromatic N) is 2. The predicted octanol–water partition coefficient (Wildman–Crippen LogP) is 3.05. The van der Waals surface area contributed by atoms with Crippen LogP contribution in [0.25, 0.3) is 11.3 Å². The molecule has 0 aliphatic heterocycles. The van der Waals surface area contributed by atoms with Gasteiger partial charge in [0.25, 0.3) is 11.5 Å². The van der Waals surface area contributed by atoms with Crippen LogP contribution in [0.5, 0.6) is 17.2 Å². The minimum absolute atomic E-state index is 0.0985. The van der Waals surface area contributed by atoms with Gasteiger partial charge in [0.05, 0.1) is 26.5 Å². The Morgan fingerprint density at radius 2 is 1.67 bits per heavy atom. The lowest BCUT2D eigenvalue weighted by Crippen LogP contribution is -2.34. The molecule has 0 unspecified atom stereocenters. The highest BCUT2D eigenvalue weighted by molar-refractivity contribution is 5.77. The summed E-state index contributed by atoms with van der Waals surface area (Å²) in [6.07, 6.45) is 0. The quantitative estimate of drug-likeness (QED) is 0.538. The first-order valence-electron chi connectivity index (χ1n) is 10.6. The molecule has 3 aromatic rings. The topological polar surface area (TPSA) is 91.7 Å². The Morgan fingerprint density at radius 3 is 2.33 bits per heavy atom. The van der Waals surface area contributed by atoms with Crippen LogP contribution < -0.4 is 25.1 Å². The number of rotatable bonds is 9. The Balaban J connectivity index is 1.61. The molecular weight excluding hydrogens is 422 g/mol. The molecule has 0 atom stereocenters. The van der Waals surface area contributed by atoms with Gasteiger partial charge in [-0.3, -0.25) is 9.59 Å². The molecule has 0 saturated heterocycles. The third-order valence-corrected chi connectivity index (χ3v) is 5.14. The Morgan fingerprint density at radius 1 is 0.970 bits per heavy atom. The van der Waals surface area contributed by atoms with Crippen molar-refractivity contribution in [3.8, 4) is 28.5 Å². The van der Waals surface area contributed by atoms with E-state index in [1.165, 1.54) is 10.7 Å². The number of hydrogen-bond acceptors (Lipinski definition) is 6. The van der Waals surface area contributed by atoms with Gasteiger partial charge >= 0.3 is 0 Å². The molecule has 8 heteroatoms. The van der Waals surface area contributed by atoms with Gasteiger partial charge in [-0.25, -0.2) is 4.68 Å².